The average molecular weight is 505 g/mol. The summed E-state index contributed by atoms with van der Waals surface area (Å²) in [6.45, 7) is 4.28. The molecule has 9 atom stereocenters. The van der Waals surface area contributed by atoms with E-state index in [2.05, 4.69) is 40.4 Å². The zero-order valence-corrected chi connectivity index (χ0v) is 20.9. The highest BCUT2D eigenvalue weighted by Crippen LogP contribution is 2.49. The molecule has 4 N–H and O–H groups in total. The highest BCUT2D eigenvalue weighted by atomic mass is 32.2. The van der Waals surface area contributed by atoms with Gasteiger partial charge in [0.15, 0.2) is 0 Å². The molecule has 4 saturated heterocycles. The summed E-state index contributed by atoms with van der Waals surface area (Å²) in [6, 6.07) is 0.257. The maximum absolute atomic E-state index is 13.8. The Bertz CT molecular complexity index is 738. The van der Waals surface area contributed by atoms with Crippen molar-refractivity contribution in [3.63, 3.8) is 0 Å². The Balaban J connectivity index is 1.32. The van der Waals surface area contributed by atoms with Crippen molar-refractivity contribution >= 4 is 17.7 Å². The molecule has 0 aromatic carbocycles. The Morgan fingerprint density at radius 2 is 2.06 bits per heavy atom. The summed E-state index contributed by atoms with van der Waals surface area (Å²) in [5.74, 6) is -0.678. The maximum Gasteiger partial charge on any atom is 0.392 e. The van der Waals surface area contributed by atoms with Crippen molar-refractivity contribution in [2.45, 2.75) is 75.2 Å². The van der Waals surface area contributed by atoms with Gasteiger partial charge in [-0.05, 0) is 56.9 Å². The van der Waals surface area contributed by atoms with Crippen LogP contribution in [-0.4, -0.2) is 78.2 Å². The Kier molecular flexibility index (Phi) is 7.41. The summed E-state index contributed by atoms with van der Waals surface area (Å²) in [5.41, 5.74) is 6.54. The first-order valence-corrected chi connectivity index (χ1v) is 13.9. The fourth-order valence-corrected chi connectivity index (χ4v) is 8.16. The van der Waals surface area contributed by atoms with E-state index in [-0.39, 0.29) is 37.2 Å². The predicted molar refractivity (Wildman–Crippen MR) is 126 cm³/mol. The molecule has 1 saturated carbocycles. The maximum atomic E-state index is 13.8. The van der Waals surface area contributed by atoms with Gasteiger partial charge in [-0.15, -0.1) is 11.8 Å². The molecule has 0 bridgehead atoms. The van der Waals surface area contributed by atoms with E-state index in [1.807, 2.05) is 11.8 Å². The Labute approximate surface area is 204 Å². The van der Waals surface area contributed by atoms with Crippen molar-refractivity contribution in [1.29, 1.82) is 0 Å². The van der Waals surface area contributed by atoms with E-state index in [9.17, 15) is 18.0 Å². The number of hydrazine groups is 1. The second-order valence-corrected chi connectivity index (χ2v) is 12.4. The number of hydrogen-bond donors (Lipinski definition) is 4. The van der Waals surface area contributed by atoms with Crippen LogP contribution in [0.3, 0.4) is 0 Å². The molecule has 7 nitrogen and oxygen atoms in total. The molecule has 194 valence electrons. The minimum absolute atomic E-state index is 0.0536. The Morgan fingerprint density at radius 3 is 2.74 bits per heavy atom. The third-order valence-electron chi connectivity index (χ3n) is 9.08. The molecule has 5 fully saturated rings. The molecule has 34 heavy (non-hydrogen) atoms. The summed E-state index contributed by atoms with van der Waals surface area (Å²) in [5, 5.41) is 7.60. The van der Waals surface area contributed by atoms with E-state index >= 15 is 0 Å². The molecular weight excluding hydrogens is 465 g/mol. The predicted octanol–water partition coefficient (Wildman–Crippen LogP) is 2.13. The third-order valence-corrected chi connectivity index (χ3v) is 10.4. The molecule has 0 aromatic heterocycles. The molecular formula is C23H39F3N6OS. The summed E-state index contributed by atoms with van der Waals surface area (Å²) < 4.78 is 41.3. The number of halogens is 3. The number of alkyl halides is 3. The SMILES string of the molecule is C[C@H](CC1NNCN1C)C1CC(C2CNCS2)NC(N2CC3C(CCCC3C(F)(F)F)C2=O)C1. The van der Waals surface area contributed by atoms with Gasteiger partial charge in [0, 0.05) is 36.2 Å². The lowest BCUT2D eigenvalue weighted by atomic mass is 9.73. The van der Waals surface area contributed by atoms with Gasteiger partial charge in [-0.3, -0.25) is 15.0 Å². The smallest absolute Gasteiger partial charge is 0.327 e. The van der Waals surface area contributed by atoms with Crippen LogP contribution in [0.15, 0.2) is 0 Å². The van der Waals surface area contributed by atoms with Crippen LogP contribution in [0.2, 0.25) is 0 Å². The van der Waals surface area contributed by atoms with Gasteiger partial charge in [0.25, 0.3) is 0 Å². The summed E-state index contributed by atoms with van der Waals surface area (Å²) >= 11 is 1.91. The van der Waals surface area contributed by atoms with E-state index < -0.39 is 23.9 Å². The van der Waals surface area contributed by atoms with Gasteiger partial charge < -0.3 is 10.2 Å². The number of nitrogens with one attached hydrogen (secondary N) is 4. The van der Waals surface area contributed by atoms with Crippen LogP contribution in [0.4, 0.5) is 13.2 Å². The summed E-state index contributed by atoms with van der Waals surface area (Å²) in [4.78, 5) is 17.5. The molecule has 0 aromatic rings. The number of carbonyl (C=O) groups is 1. The first-order valence-electron chi connectivity index (χ1n) is 12.9. The molecule has 5 aliphatic rings. The minimum Gasteiger partial charge on any atom is -0.327 e. The lowest BCUT2D eigenvalue weighted by Gasteiger charge is -2.44. The quantitative estimate of drug-likeness (QED) is 0.457. The van der Waals surface area contributed by atoms with Gasteiger partial charge in [-0.1, -0.05) is 13.3 Å². The van der Waals surface area contributed by atoms with Crippen LogP contribution in [0.25, 0.3) is 0 Å². The van der Waals surface area contributed by atoms with Gasteiger partial charge in [0.05, 0.1) is 24.9 Å². The first-order chi connectivity index (χ1) is 16.2. The van der Waals surface area contributed by atoms with E-state index in [0.29, 0.717) is 29.9 Å². The number of amides is 1. The second kappa shape index (κ2) is 10.0. The van der Waals surface area contributed by atoms with Gasteiger partial charge in [-0.2, -0.15) is 13.2 Å². The van der Waals surface area contributed by atoms with E-state index in [4.69, 9.17) is 0 Å². The van der Waals surface area contributed by atoms with Crippen molar-refractivity contribution in [2.24, 2.45) is 29.6 Å². The number of carbonyl (C=O) groups excluding carboxylic acids is 1. The minimum atomic E-state index is -4.22. The van der Waals surface area contributed by atoms with Crippen LogP contribution >= 0.6 is 11.8 Å². The van der Waals surface area contributed by atoms with E-state index in [1.165, 1.54) is 0 Å². The number of piperidine rings is 1. The van der Waals surface area contributed by atoms with Crippen LogP contribution in [0, 0.1) is 29.6 Å². The molecule has 0 spiro atoms. The topological polar surface area (TPSA) is 71.7 Å². The number of hydrogen-bond acceptors (Lipinski definition) is 7. The monoisotopic (exact) mass is 504 g/mol. The molecule has 1 aliphatic carbocycles. The Hall–Kier alpha value is -0.590. The molecule has 1 amide bonds. The second-order valence-electron chi connectivity index (χ2n) is 11.1. The Morgan fingerprint density at radius 1 is 1.24 bits per heavy atom. The zero-order chi connectivity index (χ0) is 24.0. The molecule has 4 aliphatic heterocycles. The first kappa shape index (κ1) is 25.1. The van der Waals surface area contributed by atoms with E-state index in [0.717, 1.165) is 38.4 Å². The molecule has 11 heteroatoms. The zero-order valence-electron chi connectivity index (χ0n) is 20.1. The van der Waals surface area contributed by atoms with Crippen molar-refractivity contribution in [2.75, 3.05) is 32.7 Å². The fourth-order valence-electron chi connectivity index (χ4n) is 7.05. The van der Waals surface area contributed by atoms with Crippen molar-refractivity contribution in [1.82, 2.24) is 31.3 Å². The molecule has 4 heterocycles. The normalized spacial score (nSPS) is 42.9. The summed E-state index contributed by atoms with van der Waals surface area (Å²) in [6.07, 6.45) is -0.0243. The van der Waals surface area contributed by atoms with Crippen molar-refractivity contribution in [3.05, 3.63) is 0 Å². The van der Waals surface area contributed by atoms with Crippen molar-refractivity contribution in [3.8, 4) is 0 Å². The molecule has 5 rings (SSSR count). The molecule has 8 unspecified atom stereocenters. The largest absolute Gasteiger partial charge is 0.392 e. The number of rotatable bonds is 5. The van der Waals surface area contributed by atoms with Crippen molar-refractivity contribution < 1.29 is 18.0 Å². The van der Waals surface area contributed by atoms with Crippen LogP contribution in [-0.2, 0) is 4.79 Å². The van der Waals surface area contributed by atoms with Crippen LogP contribution < -0.4 is 21.5 Å². The number of fused-ring (bicyclic) bond motifs is 1. The van der Waals surface area contributed by atoms with Gasteiger partial charge in [0.2, 0.25) is 5.91 Å². The summed E-state index contributed by atoms with van der Waals surface area (Å²) in [7, 11) is 2.10. The van der Waals surface area contributed by atoms with E-state index in [1.54, 1.807) is 4.90 Å². The third kappa shape index (κ3) is 4.98. The molecule has 0 radical (unpaired) electrons. The fraction of sp³-hybridized carbons (Fsp3) is 0.957. The highest BCUT2D eigenvalue weighted by Gasteiger charge is 2.56. The lowest BCUT2D eigenvalue weighted by molar-refractivity contribution is -0.198. The van der Waals surface area contributed by atoms with Crippen LogP contribution in [0.1, 0.15) is 45.4 Å². The van der Waals surface area contributed by atoms with Gasteiger partial charge in [-0.25, -0.2) is 10.9 Å². The lowest BCUT2D eigenvalue weighted by Crippen LogP contribution is -2.59. The van der Waals surface area contributed by atoms with Gasteiger partial charge >= 0.3 is 6.18 Å². The van der Waals surface area contributed by atoms with Crippen LogP contribution in [0.5, 0.6) is 0 Å². The highest BCUT2D eigenvalue weighted by molar-refractivity contribution is 8.00. The average Bonchev–Trinajstić information content (AvgIpc) is 3.54. The number of thioether (sulfide) groups is 1. The number of likely N-dealkylation sites (tertiary alicyclic amines) is 1. The standard InChI is InChI=1S/C23H39F3N6OS/c1-13(6-21-30-28-11-31(21)2)14-7-18(19-9-27-12-34-19)29-20(8-14)32-10-16-15(22(32)33)4-3-5-17(16)23(24,25)26/h13-21,27-30H,3-12H2,1-2H3/t13-,14?,15?,16?,17?,18?,19?,20?,21?/m1/s1. The van der Waals surface area contributed by atoms with Gasteiger partial charge in [0.1, 0.15) is 0 Å². The number of nitrogens with zero attached hydrogens (tertiary/aromatic N) is 2.